The normalized spacial score (nSPS) is 15.0. The fourth-order valence-electron chi connectivity index (χ4n) is 2.17. The molecule has 1 heterocycles. The van der Waals surface area contributed by atoms with Crippen LogP contribution in [-0.2, 0) is 9.59 Å². The molecule has 0 aromatic heterocycles. The molecule has 2 amide bonds. The lowest BCUT2D eigenvalue weighted by Crippen LogP contribution is -2.37. The molecule has 20 heavy (non-hydrogen) atoms. The maximum atomic E-state index is 13.0. The predicted octanol–water partition coefficient (Wildman–Crippen LogP) is 2.82. The summed E-state index contributed by atoms with van der Waals surface area (Å²) in [6, 6.07) is 3.90. The van der Waals surface area contributed by atoms with Gasteiger partial charge in [0.15, 0.2) is 0 Å². The highest BCUT2D eigenvalue weighted by Crippen LogP contribution is 2.19. The Labute approximate surface area is 121 Å². The molecular formula is C14H16ClFN2O2. The smallest absolute Gasteiger partial charge is 0.233 e. The van der Waals surface area contributed by atoms with Crippen LogP contribution in [0.25, 0.3) is 0 Å². The number of anilines is 1. The zero-order valence-corrected chi connectivity index (χ0v) is 11.8. The second-order valence-electron chi connectivity index (χ2n) is 4.80. The Kier molecular flexibility index (Phi) is 4.95. The molecule has 4 nitrogen and oxygen atoms in total. The van der Waals surface area contributed by atoms with Gasteiger partial charge in [-0.05, 0) is 37.5 Å². The summed E-state index contributed by atoms with van der Waals surface area (Å²) >= 11 is 5.62. The van der Waals surface area contributed by atoms with Crippen LogP contribution in [-0.4, -0.2) is 29.8 Å². The molecule has 0 unspecified atom stereocenters. The highest BCUT2D eigenvalue weighted by molar-refractivity contribution is 6.31. The largest absolute Gasteiger partial charge is 0.342 e. The van der Waals surface area contributed by atoms with E-state index in [1.54, 1.807) is 4.90 Å². The van der Waals surface area contributed by atoms with Gasteiger partial charge >= 0.3 is 0 Å². The summed E-state index contributed by atoms with van der Waals surface area (Å²) < 4.78 is 13.0. The number of hydrogen-bond acceptors (Lipinski definition) is 2. The molecule has 1 aromatic rings. The van der Waals surface area contributed by atoms with Crippen LogP contribution in [0.15, 0.2) is 18.2 Å². The van der Waals surface area contributed by atoms with Gasteiger partial charge in [-0.25, -0.2) is 4.39 Å². The zero-order chi connectivity index (χ0) is 14.5. The third kappa shape index (κ3) is 3.93. The lowest BCUT2D eigenvalue weighted by atomic mass is 10.1. The number of hydrogen-bond donors (Lipinski definition) is 1. The Hall–Kier alpha value is -1.62. The molecule has 0 spiro atoms. The van der Waals surface area contributed by atoms with E-state index in [4.69, 9.17) is 11.6 Å². The van der Waals surface area contributed by atoms with Crippen molar-refractivity contribution in [2.45, 2.75) is 25.7 Å². The van der Waals surface area contributed by atoms with Crippen molar-refractivity contribution in [3.8, 4) is 0 Å². The molecule has 1 N–H and O–H groups in total. The fourth-order valence-corrected chi connectivity index (χ4v) is 2.35. The topological polar surface area (TPSA) is 49.4 Å². The molecule has 0 saturated carbocycles. The zero-order valence-electron chi connectivity index (χ0n) is 11.0. The summed E-state index contributed by atoms with van der Waals surface area (Å²) in [6.45, 7) is 1.43. The van der Waals surface area contributed by atoms with Crippen LogP contribution in [0.3, 0.4) is 0 Å². The molecule has 1 fully saturated rings. The van der Waals surface area contributed by atoms with Gasteiger partial charge in [0.1, 0.15) is 12.2 Å². The predicted molar refractivity (Wildman–Crippen MR) is 75.1 cm³/mol. The lowest BCUT2D eigenvalue weighted by molar-refractivity contribution is -0.135. The monoisotopic (exact) mass is 298 g/mol. The standard InChI is InChI=1S/C14H16ClFN2O2/c15-11-8-10(4-5-12(11)16)17-13(19)9-14(20)18-6-2-1-3-7-18/h4-5,8H,1-3,6-7,9H2,(H,17,19). The van der Waals surface area contributed by atoms with E-state index in [0.29, 0.717) is 18.8 Å². The van der Waals surface area contributed by atoms with Gasteiger partial charge < -0.3 is 10.2 Å². The maximum absolute atomic E-state index is 13.0. The third-order valence-corrected chi connectivity index (χ3v) is 3.51. The van der Waals surface area contributed by atoms with Crippen LogP contribution in [0.1, 0.15) is 25.7 Å². The minimum absolute atomic E-state index is 0.0647. The molecule has 0 aliphatic carbocycles. The van der Waals surface area contributed by atoms with Gasteiger partial charge in [-0.1, -0.05) is 11.6 Å². The molecule has 0 radical (unpaired) electrons. The third-order valence-electron chi connectivity index (χ3n) is 3.22. The van der Waals surface area contributed by atoms with E-state index >= 15 is 0 Å². The first kappa shape index (κ1) is 14.8. The molecule has 1 aliphatic heterocycles. The molecule has 1 aromatic carbocycles. The summed E-state index contributed by atoms with van der Waals surface area (Å²) in [6.07, 6.45) is 2.90. The molecule has 108 valence electrons. The van der Waals surface area contributed by atoms with Crippen molar-refractivity contribution in [3.63, 3.8) is 0 Å². The molecular weight excluding hydrogens is 283 g/mol. The van der Waals surface area contributed by atoms with Gasteiger partial charge in [-0.3, -0.25) is 9.59 Å². The van der Waals surface area contributed by atoms with Crippen molar-refractivity contribution in [1.82, 2.24) is 4.90 Å². The van der Waals surface area contributed by atoms with E-state index in [2.05, 4.69) is 5.32 Å². The maximum Gasteiger partial charge on any atom is 0.233 e. The highest BCUT2D eigenvalue weighted by Gasteiger charge is 2.19. The van der Waals surface area contributed by atoms with Crippen molar-refractivity contribution in [2.24, 2.45) is 0 Å². The summed E-state index contributed by atoms with van der Waals surface area (Å²) in [5, 5.41) is 2.48. The minimum Gasteiger partial charge on any atom is -0.342 e. The number of nitrogens with zero attached hydrogens (tertiary/aromatic N) is 1. The van der Waals surface area contributed by atoms with Gasteiger partial charge in [0.05, 0.1) is 5.02 Å². The fraction of sp³-hybridized carbons (Fsp3) is 0.429. The SMILES string of the molecule is O=C(CC(=O)N1CCCCC1)Nc1ccc(F)c(Cl)c1. The van der Waals surface area contributed by atoms with Gasteiger partial charge in [-0.15, -0.1) is 0 Å². The Morgan fingerprint density at radius 2 is 1.95 bits per heavy atom. The number of halogens is 2. The molecule has 0 atom stereocenters. The first-order valence-electron chi connectivity index (χ1n) is 6.59. The van der Waals surface area contributed by atoms with E-state index in [1.807, 2.05) is 0 Å². The van der Waals surface area contributed by atoms with E-state index in [1.165, 1.54) is 18.2 Å². The van der Waals surface area contributed by atoms with Crippen LogP contribution >= 0.6 is 11.6 Å². The van der Waals surface area contributed by atoms with Crippen molar-refractivity contribution < 1.29 is 14.0 Å². The van der Waals surface area contributed by atoms with E-state index in [0.717, 1.165) is 19.3 Å². The van der Waals surface area contributed by atoms with Crippen molar-refractivity contribution >= 4 is 29.1 Å². The number of nitrogens with one attached hydrogen (secondary N) is 1. The number of likely N-dealkylation sites (tertiary alicyclic amines) is 1. The van der Waals surface area contributed by atoms with Gasteiger partial charge in [0.25, 0.3) is 0 Å². The van der Waals surface area contributed by atoms with Crippen molar-refractivity contribution in [2.75, 3.05) is 18.4 Å². The Morgan fingerprint density at radius 3 is 2.60 bits per heavy atom. The summed E-state index contributed by atoms with van der Waals surface area (Å²) in [5.41, 5.74) is 0.382. The molecule has 0 bridgehead atoms. The average Bonchev–Trinajstić information content (AvgIpc) is 2.44. The molecule has 1 aliphatic rings. The second kappa shape index (κ2) is 6.70. The van der Waals surface area contributed by atoms with Crippen molar-refractivity contribution in [3.05, 3.63) is 29.0 Å². The van der Waals surface area contributed by atoms with Crippen LogP contribution in [0, 0.1) is 5.82 Å². The Morgan fingerprint density at radius 1 is 1.25 bits per heavy atom. The van der Waals surface area contributed by atoms with Crippen molar-refractivity contribution in [1.29, 1.82) is 0 Å². The summed E-state index contributed by atoms with van der Waals surface area (Å²) in [4.78, 5) is 25.4. The molecule has 1 saturated heterocycles. The highest BCUT2D eigenvalue weighted by atomic mass is 35.5. The van der Waals surface area contributed by atoms with Crippen LogP contribution in [0.5, 0.6) is 0 Å². The first-order chi connectivity index (χ1) is 9.56. The van der Waals surface area contributed by atoms with E-state index < -0.39 is 11.7 Å². The average molecular weight is 299 g/mol. The minimum atomic E-state index is -0.547. The van der Waals surface area contributed by atoms with Gasteiger partial charge in [0.2, 0.25) is 11.8 Å². The number of carbonyl (C=O) groups excluding carboxylic acids is 2. The number of amides is 2. The Bertz CT molecular complexity index is 516. The number of benzene rings is 1. The van der Waals surface area contributed by atoms with Crippen LogP contribution < -0.4 is 5.32 Å². The van der Waals surface area contributed by atoms with Crippen LogP contribution in [0.4, 0.5) is 10.1 Å². The van der Waals surface area contributed by atoms with Gasteiger partial charge in [0, 0.05) is 18.8 Å². The summed E-state index contributed by atoms with van der Waals surface area (Å²) in [5.74, 6) is -1.13. The van der Waals surface area contributed by atoms with E-state index in [-0.39, 0.29) is 17.4 Å². The van der Waals surface area contributed by atoms with Crippen LogP contribution in [0.2, 0.25) is 5.02 Å². The quantitative estimate of drug-likeness (QED) is 0.872. The number of piperidine rings is 1. The Balaban J connectivity index is 1.88. The molecule has 6 heteroatoms. The number of carbonyl (C=O) groups is 2. The van der Waals surface area contributed by atoms with E-state index in [9.17, 15) is 14.0 Å². The lowest BCUT2D eigenvalue weighted by Gasteiger charge is -2.26. The van der Waals surface area contributed by atoms with Gasteiger partial charge in [-0.2, -0.15) is 0 Å². The summed E-state index contributed by atoms with van der Waals surface area (Å²) in [7, 11) is 0. The second-order valence-corrected chi connectivity index (χ2v) is 5.20. The molecule has 2 rings (SSSR count). The first-order valence-corrected chi connectivity index (χ1v) is 6.97. The number of rotatable bonds is 3.